The van der Waals surface area contributed by atoms with Crippen LogP contribution in [0.3, 0.4) is 0 Å². The molecule has 2 amide bonds. The molecule has 28 heavy (non-hydrogen) atoms. The molecule has 0 bridgehead atoms. The summed E-state index contributed by atoms with van der Waals surface area (Å²) < 4.78 is 0. The molecule has 3 aliphatic heterocycles. The molecular weight excluding hydrogens is 354 g/mol. The molecule has 4 rings (SSSR count). The van der Waals surface area contributed by atoms with Crippen molar-refractivity contribution < 1.29 is 9.59 Å². The molecule has 0 N–H and O–H groups in total. The van der Waals surface area contributed by atoms with Crippen molar-refractivity contribution in [3.63, 3.8) is 0 Å². The molecule has 0 aromatic heterocycles. The monoisotopic (exact) mass is 387 g/mol. The van der Waals surface area contributed by atoms with Crippen molar-refractivity contribution in [1.82, 2.24) is 14.7 Å². The van der Waals surface area contributed by atoms with E-state index in [1.165, 1.54) is 12.8 Å². The van der Waals surface area contributed by atoms with Gasteiger partial charge in [0.05, 0.1) is 0 Å². The van der Waals surface area contributed by atoms with Crippen molar-refractivity contribution >= 4 is 24.0 Å². The first-order valence-corrected chi connectivity index (χ1v) is 11.0. The summed E-state index contributed by atoms with van der Waals surface area (Å²) in [7, 11) is 0. The number of hydrogen-bond donors (Lipinski definition) is 0. The van der Waals surface area contributed by atoms with Crippen LogP contribution in [0, 0.1) is 5.41 Å². The van der Waals surface area contributed by atoms with Crippen molar-refractivity contribution in [2.75, 3.05) is 45.8 Å². The lowest BCUT2D eigenvalue weighted by atomic mass is 9.76. The lowest BCUT2D eigenvalue weighted by Crippen LogP contribution is -2.49. The van der Waals surface area contributed by atoms with Crippen LogP contribution in [-0.2, 0) is 9.59 Å². The van der Waals surface area contributed by atoms with E-state index in [0.717, 1.165) is 77.3 Å². The number of guanidine groups is 1. The summed E-state index contributed by atoms with van der Waals surface area (Å²) in [6.07, 6.45) is 10.5. The third kappa shape index (κ3) is 4.45. The standard InChI is InChI=1S/C21H33N5O2/c27-18-16-21(6-1-2-7-21)17-19(28)26(18)11-4-3-10-24-12-14-25(15-13-24)20-22-8-5-9-23-20/h8H,1-7,9-17H2. The van der Waals surface area contributed by atoms with Crippen LogP contribution >= 0.6 is 0 Å². The average molecular weight is 388 g/mol. The van der Waals surface area contributed by atoms with E-state index in [4.69, 9.17) is 0 Å². The van der Waals surface area contributed by atoms with E-state index in [0.29, 0.717) is 19.4 Å². The van der Waals surface area contributed by atoms with E-state index >= 15 is 0 Å². The quantitative estimate of drug-likeness (QED) is 0.534. The first-order chi connectivity index (χ1) is 13.7. The van der Waals surface area contributed by atoms with E-state index in [2.05, 4.69) is 19.8 Å². The van der Waals surface area contributed by atoms with Gasteiger partial charge in [-0.2, -0.15) is 0 Å². The van der Waals surface area contributed by atoms with Gasteiger partial charge in [0.15, 0.2) is 0 Å². The summed E-state index contributed by atoms with van der Waals surface area (Å²) in [6, 6.07) is 0. The Kier molecular flexibility index (Phi) is 6.09. The van der Waals surface area contributed by atoms with E-state index in [1.54, 1.807) is 4.90 Å². The number of hydrogen-bond acceptors (Lipinski definition) is 6. The van der Waals surface area contributed by atoms with Crippen molar-refractivity contribution in [3.8, 4) is 0 Å². The predicted molar refractivity (Wildman–Crippen MR) is 110 cm³/mol. The van der Waals surface area contributed by atoms with Gasteiger partial charge in [-0.05, 0) is 37.6 Å². The van der Waals surface area contributed by atoms with Gasteiger partial charge in [-0.3, -0.25) is 24.4 Å². The van der Waals surface area contributed by atoms with Crippen LogP contribution in [0.5, 0.6) is 0 Å². The molecule has 1 spiro atoms. The molecular formula is C21H33N5O2. The minimum atomic E-state index is 0.0109. The molecule has 3 heterocycles. The Hall–Kier alpha value is -1.76. The number of carbonyl (C=O) groups is 2. The van der Waals surface area contributed by atoms with Crippen LogP contribution in [0.4, 0.5) is 0 Å². The summed E-state index contributed by atoms with van der Waals surface area (Å²) in [6.45, 7) is 6.48. The number of carbonyl (C=O) groups excluding carboxylic acids is 2. The third-order valence-corrected chi connectivity index (χ3v) is 6.80. The van der Waals surface area contributed by atoms with Gasteiger partial charge in [0.2, 0.25) is 17.8 Å². The zero-order valence-electron chi connectivity index (χ0n) is 16.9. The number of amides is 2. The Morgan fingerprint density at radius 2 is 1.61 bits per heavy atom. The summed E-state index contributed by atoms with van der Waals surface area (Å²) in [5, 5.41) is 0. The lowest BCUT2D eigenvalue weighted by Gasteiger charge is -2.37. The molecule has 7 heteroatoms. The molecule has 1 aliphatic carbocycles. The Balaban J connectivity index is 1.15. The molecule has 2 saturated heterocycles. The van der Waals surface area contributed by atoms with E-state index < -0.39 is 0 Å². The Bertz CT molecular complexity index is 625. The summed E-state index contributed by atoms with van der Waals surface area (Å²) in [5.41, 5.74) is 0.0109. The highest BCUT2D eigenvalue weighted by atomic mass is 16.2. The number of unbranched alkanes of at least 4 members (excludes halogenated alkanes) is 1. The maximum absolute atomic E-state index is 12.5. The van der Waals surface area contributed by atoms with Crippen molar-refractivity contribution in [3.05, 3.63) is 0 Å². The molecule has 0 atom stereocenters. The van der Waals surface area contributed by atoms with Crippen LogP contribution in [0.15, 0.2) is 9.98 Å². The van der Waals surface area contributed by atoms with Gasteiger partial charge in [-0.15, -0.1) is 0 Å². The number of rotatable bonds is 5. The zero-order chi connectivity index (χ0) is 19.4. The second-order valence-corrected chi connectivity index (χ2v) is 8.82. The first-order valence-electron chi connectivity index (χ1n) is 11.0. The highest BCUT2D eigenvalue weighted by Gasteiger charge is 2.44. The average Bonchev–Trinajstić information content (AvgIpc) is 3.15. The number of piperidine rings is 1. The summed E-state index contributed by atoms with van der Waals surface area (Å²) >= 11 is 0. The normalized spacial score (nSPS) is 25.6. The van der Waals surface area contributed by atoms with E-state index in [-0.39, 0.29) is 17.2 Å². The van der Waals surface area contributed by atoms with Crippen molar-refractivity contribution in [1.29, 1.82) is 0 Å². The second kappa shape index (κ2) is 8.72. The van der Waals surface area contributed by atoms with Crippen LogP contribution in [0.1, 0.15) is 57.8 Å². The van der Waals surface area contributed by atoms with Gasteiger partial charge < -0.3 is 4.90 Å². The zero-order valence-corrected chi connectivity index (χ0v) is 16.9. The molecule has 0 aromatic carbocycles. The minimum absolute atomic E-state index is 0.0109. The van der Waals surface area contributed by atoms with Crippen LogP contribution in [0.2, 0.25) is 0 Å². The number of piperazine rings is 1. The second-order valence-electron chi connectivity index (χ2n) is 8.82. The predicted octanol–water partition coefficient (Wildman–Crippen LogP) is 1.92. The Morgan fingerprint density at radius 3 is 2.25 bits per heavy atom. The lowest BCUT2D eigenvalue weighted by molar-refractivity contribution is -0.153. The van der Waals surface area contributed by atoms with Gasteiger partial charge in [0.25, 0.3) is 0 Å². The highest BCUT2D eigenvalue weighted by Crippen LogP contribution is 2.46. The fraction of sp³-hybridized carbons (Fsp3) is 0.810. The number of likely N-dealkylation sites (tertiary alicyclic amines) is 1. The molecule has 3 fully saturated rings. The first kappa shape index (κ1) is 19.6. The number of imide groups is 1. The summed E-state index contributed by atoms with van der Waals surface area (Å²) in [5.74, 6) is 1.04. The Morgan fingerprint density at radius 1 is 0.929 bits per heavy atom. The number of nitrogens with zero attached hydrogens (tertiary/aromatic N) is 5. The van der Waals surface area contributed by atoms with Crippen LogP contribution in [0.25, 0.3) is 0 Å². The Labute approximate surface area is 167 Å². The highest BCUT2D eigenvalue weighted by molar-refractivity contribution is 5.98. The third-order valence-electron chi connectivity index (χ3n) is 6.80. The van der Waals surface area contributed by atoms with E-state index in [9.17, 15) is 9.59 Å². The molecule has 0 aromatic rings. The maximum atomic E-state index is 12.5. The smallest absolute Gasteiger partial charge is 0.229 e. The molecule has 0 radical (unpaired) electrons. The molecule has 7 nitrogen and oxygen atoms in total. The van der Waals surface area contributed by atoms with Gasteiger partial charge in [0, 0.05) is 64.7 Å². The van der Waals surface area contributed by atoms with Crippen molar-refractivity contribution in [2.24, 2.45) is 15.4 Å². The molecule has 0 unspecified atom stereocenters. The number of aliphatic imine (C=N–C) groups is 2. The van der Waals surface area contributed by atoms with Gasteiger partial charge in [-0.1, -0.05) is 12.8 Å². The largest absolute Gasteiger partial charge is 0.339 e. The molecule has 154 valence electrons. The van der Waals surface area contributed by atoms with Gasteiger partial charge in [-0.25, -0.2) is 4.99 Å². The van der Waals surface area contributed by atoms with Gasteiger partial charge >= 0.3 is 0 Å². The summed E-state index contributed by atoms with van der Waals surface area (Å²) in [4.78, 5) is 40.2. The molecule has 1 saturated carbocycles. The SMILES string of the molecule is O=C1CC2(CCCC2)CC(=O)N1CCCCN1CCN(C2=NCCC=N2)CC1. The fourth-order valence-corrected chi connectivity index (χ4v) is 5.13. The van der Waals surface area contributed by atoms with Crippen LogP contribution < -0.4 is 0 Å². The maximum Gasteiger partial charge on any atom is 0.229 e. The topological polar surface area (TPSA) is 68.6 Å². The fourth-order valence-electron chi connectivity index (χ4n) is 5.13. The molecule has 4 aliphatic rings. The minimum Gasteiger partial charge on any atom is -0.339 e. The van der Waals surface area contributed by atoms with Gasteiger partial charge in [0.1, 0.15) is 0 Å². The van der Waals surface area contributed by atoms with Crippen LogP contribution in [-0.4, -0.2) is 84.5 Å². The van der Waals surface area contributed by atoms with E-state index in [1.807, 2.05) is 6.21 Å². The van der Waals surface area contributed by atoms with Crippen molar-refractivity contribution in [2.45, 2.75) is 57.8 Å².